The van der Waals surface area contributed by atoms with E-state index in [1.807, 2.05) is 11.0 Å². The zero-order valence-corrected chi connectivity index (χ0v) is 13.5. The van der Waals surface area contributed by atoms with E-state index in [2.05, 4.69) is 43.3 Å². The standard InChI is InChI=1S/C20H22N2O/c1-13-8-14(11-21)12-22(13)20(23)16-6-7-19-17(10-16)9-15-4-2-3-5-18(15)19/h2-7,10,13-14H,8-9,11-12,21H2,1H3. The Hall–Kier alpha value is -2.13. The quantitative estimate of drug-likeness (QED) is 0.791. The minimum absolute atomic E-state index is 0.146. The highest BCUT2D eigenvalue weighted by Gasteiger charge is 2.32. The third kappa shape index (κ3) is 2.36. The van der Waals surface area contributed by atoms with Crippen LogP contribution in [0.4, 0.5) is 0 Å². The molecule has 2 unspecified atom stereocenters. The Morgan fingerprint density at radius 1 is 1.17 bits per heavy atom. The fraction of sp³-hybridized carbons (Fsp3) is 0.350. The summed E-state index contributed by atoms with van der Waals surface area (Å²) < 4.78 is 0. The normalized spacial score (nSPS) is 22.1. The number of hydrogen-bond donors (Lipinski definition) is 1. The van der Waals surface area contributed by atoms with Crippen molar-refractivity contribution >= 4 is 5.91 Å². The van der Waals surface area contributed by atoms with Gasteiger partial charge in [0.2, 0.25) is 0 Å². The van der Waals surface area contributed by atoms with Crippen molar-refractivity contribution < 1.29 is 4.79 Å². The summed E-state index contributed by atoms with van der Waals surface area (Å²) in [7, 11) is 0. The van der Waals surface area contributed by atoms with Crippen molar-refractivity contribution in [3.63, 3.8) is 0 Å². The topological polar surface area (TPSA) is 46.3 Å². The third-order valence-electron chi connectivity index (χ3n) is 5.30. The molecule has 2 N–H and O–H groups in total. The van der Waals surface area contributed by atoms with Gasteiger partial charge in [0.15, 0.2) is 0 Å². The third-order valence-corrected chi connectivity index (χ3v) is 5.30. The summed E-state index contributed by atoms with van der Waals surface area (Å²) in [4.78, 5) is 14.9. The second kappa shape index (κ2) is 5.50. The molecule has 0 saturated carbocycles. The Bertz CT molecular complexity index is 768. The van der Waals surface area contributed by atoms with Gasteiger partial charge in [-0.25, -0.2) is 0 Å². The molecule has 1 saturated heterocycles. The van der Waals surface area contributed by atoms with Crippen molar-refractivity contribution in [1.29, 1.82) is 0 Å². The van der Waals surface area contributed by atoms with Crippen LogP contribution in [0, 0.1) is 5.92 Å². The van der Waals surface area contributed by atoms with Crippen molar-refractivity contribution in [2.75, 3.05) is 13.1 Å². The van der Waals surface area contributed by atoms with Crippen LogP contribution in [-0.4, -0.2) is 29.9 Å². The number of fused-ring (bicyclic) bond motifs is 3. The van der Waals surface area contributed by atoms with E-state index in [1.54, 1.807) is 0 Å². The molecule has 0 spiro atoms. The maximum Gasteiger partial charge on any atom is 0.254 e. The predicted octanol–water partition coefficient (Wildman–Crippen LogP) is 3.07. The van der Waals surface area contributed by atoms with E-state index in [-0.39, 0.29) is 11.9 Å². The number of nitrogens with two attached hydrogens (primary N) is 1. The first-order chi connectivity index (χ1) is 11.2. The lowest BCUT2D eigenvalue weighted by Gasteiger charge is -2.22. The summed E-state index contributed by atoms with van der Waals surface area (Å²) in [5.41, 5.74) is 11.8. The molecule has 0 aromatic heterocycles. The highest BCUT2D eigenvalue weighted by Crippen LogP contribution is 2.37. The van der Waals surface area contributed by atoms with Crippen LogP contribution >= 0.6 is 0 Å². The van der Waals surface area contributed by atoms with Crippen molar-refractivity contribution in [1.82, 2.24) is 4.90 Å². The van der Waals surface area contributed by atoms with E-state index in [4.69, 9.17) is 5.73 Å². The van der Waals surface area contributed by atoms with Crippen LogP contribution in [0.25, 0.3) is 11.1 Å². The lowest BCUT2D eigenvalue weighted by atomic mass is 10.0. The predicted molar refractivity (Wildman–Crippen MR) is 92.3 cm³/mol. The molecule has 3 heteroatoms. The van der Waals surface area contributed by atoms with Crippen molar-refractivity contribution in [3.05, 3.63) is 59.2 Å². The first-order valence-electron chi connectivity index (χ1n) is 8.39. The summed E-state index contributed by atoms with van der Waals surface area (Å²) in [6.45, 7) is 3.57. The van der Waals surface area contributed by atoms with Gasteiger partial charge < -0.3 is 10.6 Å². The van der Waals surface area contributed by atoms with Gasteiger partial charge in [-0.05, 0) is 66.6 Å². The zero-order chi connectivity index (χ0) is 16.0. The molecule has 1 heterocycles. The molecule has 1 aliphatic heterocycles. The summed E-state index contributed by atoms with van der Waals surface area (Å²) in [6, 6.07) is 14.9. The number of amides is 1. The minimum Gasteiger partial charge on any atom is -0.336 e. The molecule has 2 atom stereocenters. The molecule has 4 rings (SSSR count). The van der Waals surface area contributed by atoms with Crippen LogP contribution in [0.1, 0.15) is 34.8 Å². The molecular formula is C20H22N2O. The Balaban J connectivity index is 1.62. The van der Waals surface area contributed by atoms with Crippen LogP contribution < -0.4 is 5.73 Å². The highest BCUT2D eigenvalue weighted by molar-refractivity contribution is 5.96. The number of likely N-dealkylation sites (tertiary alicyclic amines) is 1. The average molecular weight is 306 g/mol. The Kier molecular flexibility index (Phi) is 3.46. The van der Waals surface area contributed by atoms with Gasteiger partial charge in [-0.3, -0.25) is 4.79 Å². The molecule has 2 aromatic rings. The largest absolute Gasteiger partial charge is 0.336 e. The van der Waals surface area contributed by atoms with Gasteiger partial charge in [-0.1, -0.05) is 30.3 Å². The fourth-order valence-electron chi connectivity index (χ4n) is 4.04. The lowest BCUT2D eigenvalue weighted by molar-refractivity contribution is 0.0743. The minimum atomic E-state index is 0.146. The molecule has 0 bridgehead atoms. The first-order valence-corrected chi connectivity index (χ1v) is 8.39. The van der Waals surface area contributed by atoms with E-state index in [9.17, 15) is 4.79 Å². The number of carbonyl (C=O) groups excluding carboxylic acids is 1. The van der Waals surface area contributed by atoms with Gasteiger partial charge in [0.05, 0.1) is 0 Å². The molecule has 23 heavy (non-hydrogen) atoms. The van der Waals surface area contributed by atoms with Gasteiger partial charge in [0, 0.05) is 18.2 Å². The average Bonchev–Trinajstić information content (AvgIpc) is 3.13. The first kappa shape index (κ1) is 14.5. The van der Waals surface area contributed by atoms with Crippen LogP contribution in [0.2, 0.25) is 0 Å². The molecule has 2 aromatic carbocycles. The molecule has 1 amide bonds. The number of rotatable bonds is 2. The van der Waals surface area contributed by atoms with Gasteiger partial charge >= 0.3 is 0 Å². The fourth-order valence-corrected chi connectivity index (χ4v) is 4.04. The van der Waals surface area contributed by atoms with Crippen molar-refractivity contribution in [2.45, 2.75) is 25.8 Å². The zero-order valence-electron chi connectivity index (χ0n) is 13.5. The smallest absolute Gasteiger partial charge is 0.254 e. The summed E-state index contributed by atoms with van der Waals surface area (Å²) in [5.74, 6) is 0.583. The summed E-state index contributed by atoms with van der Waals surface area (Å²) >= 11 is 0. The van der Waals surface area contributed by atoms with Gasteiger partial charge in [-0.15, -0.1) is 0 Å². The maximum atomic E-state index is 12.9. The number of carbonyl (C=O) groups is 1. The molecule has 1 aliphatic carbocycles. The molecule has 2 aliphatic rings. The second-order valence-electron chi connectivity index (χ2n) is 6.85. The van der Waals surface area contributed by atoms with E-state index in [0.717, 1.165) is 24.9 Å². The molecular weight excluding hydrogens is 284 g/mol. The Labute approximate surface area is 137 Å². The van der Waals surface area contributed by atoms with Gasteiger partial charge in [-0.2, -0.15) is 0 Å². The van der Waals surface area contributed by atoms with Crippen molar-refractivity contribution in [3.8, 4) is 11.1 Å². The summed E-state index contributed by atoms with van der Waals surface area (Å²) in [6.07, 6.45) is 1.94. The van der Waals surface area contributed by atoms with E-state index in [1.165, 1.54) is 22.3 Å². The summed E-state index contributed by atoms with van der Waals surface area (Å²) in [5, 5.41) is 0. The number of benzene rings is 2. The van der Waals surface area contributed by atoms with E-state index in [0.29, 0.717) is 12.5 Å². The maximum absolute atomic E-state index is 12.9. The SMILES string of the molecule is CC1CC(CN)CN1C(=O)c1ccc2c(c1)Cc1ccccc1-2. The van der Waals surface area contributed by atoms with E-state index < -0.39 is 0 Å². The highest BCUT2D eigenvalue weighted by atomic mass is 16.2. The van der Waals surface area contributed by atoms with Crippen LogP contribution in [0.15, 0.2) is 42.5 Å². The van der Waals surface area contributed by atoms with Crippen LogP contribution in [0.3, 0.4) is 0 Å². The van der Waals surface area contributed by atoms with E-state index >= 15 is 0 Å². The second-order valence-corrected chi connectivity index (χ2v) is 6.85. The Morgan fingerprint density at radius 3 is 2.74 bits per heavy atom. The number of nitrogens with zero attached hydrogens (tertiary/aromatic N) is 1. The van der Waals surface area contributed by atoms with Gasteiger partial charge in [0.1, 0.15) is 0 Å². The van der Waals surface area contributed by atoms with Gasteiger partial charge in [0.25, 0.3) is 5.91 Å². The molecule has 118 valence electrons. The Morgan fingerprint density at radius 2 is 1.96 bits per heavy atom. The van der Waals surface area contributed by atoms with Crippen molar-refractivity contribution in [2.24, 2.45) is 11.7 Å². The molecule has 3 nitrogen and oxygen atoms in total. The van der Waals surface area contributed by atoms with Crippen LogP contribution in [0.5, 0.6) is 0 Å². The van der Waals surface area contributed by atoms with Crippen LogP contribution in [-0.2, 0) is 6.42 Å². The monoisotopic (exact) mass is 306 g/mol. The lowest BCUT2D eigenvalue weighted by Crippen LogP contribution is -2.34. The molecule has 1 fully saturated rings. The molecule has 0 radical (unpaired) electrons. The number of hydrogen-bond acceptors (Lipinski definition) is 2.